The number of hydrogen-bond donors (Lipinski definition) is 0. The highest BCUT2D eigenvalue weighted by molar-refractivity contribution is 5.75. The molecule has 0 aliphatic heterocycles. The largest absolute Gasteiger partial charge is 0.356 e. The topological polar surface area (TPSA) is 35.5 Å². The predicted molar refractivity (Wildman–Crippen MR) is 60.7 cm³/mol. The van der Waals surface area contributed by atoms with E-state index in [-0.39, 0.29) is 12.1 Å². The molecule has 0 aliphatic carbocycles. The van der Waals surface area contributed by atoms with Crippen LogP contribution in [-0.4, -0.2) is 26.3 Å². The number of allylic oxidation sites excluding steroid dienone is 2. The van der Waals surface area contributed by atoms with E-state index in [4.69, 9.17) is 9.47 Å². The fraction of sp³-hybridized carbons (Fsp3) is 0.750. The van der Waals surface area contributed by atoms with Crippen LogP contribution >= 0.6 is 0 Å². The normalized spacial score (nSPS) is 12.2. The standard InChI is InChI=1S/C12H22O3/c1-10(6-5-7-11(2)13)8-9-12(14-3)15-4/h6,12H,5,7-9H2,1-4H3. The monoisotopic (exact) mass is 214 g/mol. The van der Waals surface area contributed by atoms with E-state index in [9.17, 15) is 4.79 Å². The Hall–Kier alpha value is -0.670. The van der Waals surface area contributed by atoms with Crippen molar-refractivity contribution >= 4 is 5.78 Å². The number of hydrogen-bond acceptors (Lipinski definition) is 3. The van der Waals surface area contributed by atoms with Crippen LogP contribution in [0.4, 0.5) is 0 Å². The molecule has 0 saturated heterocycles. The van der Waals surface area contributed by atoms with Gasteiger partial charge in [-0.1, -0.05) is 11.6 Å². The molecule has 0 fully saturated rings. The van der Waals surface area contributed by atoms with Crippen molar-refractivity contribution in [1.29, 1.82) is 0 Å². The summed E-state index contributed by atoms with van der Waals surface area (Å²) < 4.78 is 10.2. The van der Waals surface area contributed by atoms with Crippen LogP contribution in [0.15, 0.2) is 11.6 Å². The Bertz CT molecular complexity index is 205. The molecule has 0 aromatic carbocycles. The lowest BCUT2D eigenvalue weighted by atomic mass is 10.1. The maximum Gasteiger partial charge on any atom is 0.157 e. The second-order valence-electron chi connectivity index (χ2n) is 3.73. The summed E-state index contributed by atoms with van der Waals surface area (Å²) in [7, 11) is 3.28. The fourth-order valence-electron chi connectivity index (χ4n) is 1.30. The third-order valence-electron chi connectivity index (χ3n) is 2.29. The Morgan fingerprint density at radius 3 is 2.27 bits per heavy atom. The molecule has 0 aromatic rings. The lowest BCUT2D eigenvalue weighted by Gasteiger charge is -2.12. The zero-order valence-corrected chi connectivity index (χ0v) is 10.2. The Labute approximate surface area is 92.5 Å². The molecular formula is C12H22O3. The van der Waals surface area contributed by atoms with Gasteiger partial charge >= 0.3 is 0 Å². The molecule has 0 N–H and O–H groups in total. The summed E-state index contributed by atoms with van der Waals surface area (Å²) in [5.41, 5.74) is 1.29. The quantitative estimate of drug-likeness (QED) is 0.460. The molecule has 0 amide bonds. The number of methoxy groups -OCH3 is 2. The van der Waals surface area contributed by atoms with Crippen LogP contribution in [0.25, 0.3) is 0 Å². The molecule has 3 heteroatoms. The van der Waals surface area contributed by atoms with Gasteiger partial charge in [0.2, 0.25) is 0 Å². The van der Waals surface area contributed by atoms with Gasteiger partial charge in [0.15, 0.2) is 6.29 Å². The van der Waals surface area contributed by atoms with Crippen molar-refractivity contribution in [3.8, 4) is 0 Å². The summed E-state index contributed by atoms with van der Waals surface area (Å²) in [5, 5.41) is 0. The van der Waals surface area contributed by atoms with E-state index in [0.29, 0.717) is 6.42 Å². The number of rotatable bonds is 8. The molecule has 15 heavy (non-hydrogen) atoms. The molecule has 0 bridgehead atoms. The van der Waals surface area contributed by atoms with Crippen LogP contribution < -0.4 is 0 Å². The van der Waals surface area contributed by atoms with E-state index < -0.39 is 0 Å². The van der Waals surface area contributed by atoms with E-state index in [0.717, 1.165) is 19.3 Å². The second-order valence-corrected chi connectivity index (χ2v) is 3.73. The van der Waals surface area contributed by atoms with Gasteiger partial charge in [0.1, 0.15) is 5.78 Å². The van der Waals surface area contributed by atoms with E-state index >= 15 is 0 Å². The molecule has 0 saturated carbocycles. The fourth-order valence-corrected chi connectivity index (χ4v) is 1.30. The zero-order valence-electron chi connectivity index (χ0n) is 10.2. The average molecular weight is 214 g/mol. The smallest absolute Gasteiger partial charge is 0.157 e. The number of carbonyl (C=O) groups excluding carboxylic acids is 1. The van der Waals surface area contributed by atoms with Crippen LogP contribution in [0.1, 0.15) is 39.5 Å². The van der Waals surface area contributed by atoms with E-state index in [1.807, 2.05) is 0 Å². The number of ketones is 1. The maximum absolute atomic E-state index is 10.7. The first-order valence-electron chi connectivity index (χ1n) is 5.30. The van der Waals surface area contributed by atoms with Gasteiger partial charge in [-0.25, -0.2) is 0 Å². The lowest BCUT2D eigenvalue weighted by molar-refractivity contribution is -0.116. The highest BCUT2D eigenvalue weighted by Crippen LogP contribution is 2.10. The molecule has 0 aromatic heterocycles. The summed E-state index contributed by atoms with van der Waals surface area (Å²) in [6.07, 6.45) is 5.27. The van der Waals surface area contributed by atoms with Crippen LogP contribution in [0.3, 0.4) is 0 Å². The first kappa shape index (κ1) is 14.3. The van der Waals surface area contributed by atoms with Gasteiger partial charge in [0.05, 0.1) is 0 Å². The van der Waals surface area contributed by atoms with Crippen molar-refractivity contribution in [3.05, 3.63) is 11.6 Å². The number of carbonyl (C=O) groups is 1. The van der Waals surface area contributed by atoms with Crippen LogP contribution in [-0.2, 0) is 14.3 Å². The molecular weight excluding hydrogens is 192 g/mol. The van der Waals surface area contributed by atoms with Gasteiger partial charge in [-0.3, -0.25) is 0 Å². The minimum absolute atomic E-state index is 0.124. The minimum atomic E-state index is -0.124. The third-order valence-corrected chi connectivity index (χ3v) is 2.29. The SMILES string of the molecule is COC(CCC(C)=CCCC(C)=O)OC. The van der Waals surface area contributed by atoms with Crippen molar-refractivity contribution < 1.29 is 14.3 Å². The summed E-state index contributed by atoms with van der Waals surface area (Å²) in [5.74, 6) is 0.241. The van der Waals surface area contributed by atoms with Crippen LogP contribution in [0.5, 0.6) is 0 Å². The number of Topliss-reactive ketones (excluding diaryl/α,β-unsaturated/α-hetero) is 1. The molecule has 0 aliphatic rings. The van der Waals surface area contributed by atoms with Crippen molar-refractivity contribution in [2.45, 2.75) is 45.8 Å². The molecule has 0 atom stereocenters. The maximum atomic E-state index is 10.7. The molecule has 3 nitrogen and oxygen atoms in total. The summed E-state index contributed by atoms with van der Waals surface area (Å²) in [6, 6.07) is 0. The Morgan fingerprint density at radius 2 is 1.80 bits per heavy atom. The van der Waals surface area contributed by atoms with Gasteiger partial charge in [-0.15, -0.1) is 0 Å². The molecule has 0 radical (unpaired) electrons. The van der Waals surface area contributed by atoms with Crippen LogP contribution in [0, 0.1) is 0 Å². The van der Waals surface area contributed by atoms with Gasteiger partial charge in [0, 0.05) is 27.1 Å². The highest BCUT2D eigenvalue weighted by atomic mass is 16.7. The summed E-state index contributed by atoms with van der Waals surface area (Å²) in [4.78, 5) is 10.7. The van der Waals surface area contributed by atoms with Gasteiger partial charge < -0.3 is 14.3 Å². The van der Waals surface area contributed by atoms with Crippen LogP contribution in [0.2, 0.25) is 0 Å². The first-order chi connectivity index (χ1) is 7.10. The first-order valence-corrected chi connectivity index (χ1v) is 5.30. The Balaban J connectivity index is 3.71. The van der Waals surface area contributed by atoms with E-state index in [1.165, 1.54) is 5.57 Å². The van der Waals surface area contributed by atoms with E-state index in [2.05, 4.69) is 13.0 Å². The number of ether oxygens (including phenoxy) is 2. The summed E-state index contributed by atoms with van der Waals surface area (Å²) >= 11 is 0. The third kappa shape index (κ3) is 8.33. The molecule has 88 valence electrons. The minimum Gasteiger partial charge on any atom is -0.356 e. The predicted octanol–water partition coefficient (Wildman–Crippen LogP) is 2.70. The second kappa shape index (κ2) is 8.62. The zero-order chi connectivity index (χ0) is 11.7. The van der Waals surface area contributed by atoms with Gasteiger partial charge in [0.25, 0.3) is 0 Å². The Kier molecular flexibility index (Phi) is 8.24. The lowest BCUT2D eigenvalue weighted by Crippen LogP contribution is -2.12. The van der Waals surface area contributed by atoms with Crippen molar-refractivity contribution in [2.24, 2.45) is 0 Å². The average Bonchev–Trinajstić information content (AvgIpc) is 2.18. The molecule has 0 unspecified atom stereocenters. The van der Waals surface area contributed by atoms with Crippen molar-refractivity contribution in [3.63, 3.8) is 0 Å². The van der Waals surface area contributed by atoms with Gasteiger partial charge in [-0.05, 0) is 26.7 Å². The molecule has 0 spiro atoms. The van der Waals surface area contributed by atoms with Crippen molar-refractivity contribution in [1.82, 2.24) is 0 Å². The highest BCUT2D eigenvalue weighted by Gasteiger charge is 2.04. The van der Waals surface area contributed by atoms with Gasteiger partial charge in [-0.2, -0.15) is 0 Å². The summed E-state index contributed by atoms with van der Waals surface area (Å²) in [6.45, 7) is 3.69. The molecule has 0 rings (SSSR count). The van der Waals surface area contributed by atoms with Crippen molar-refractivity contribution in [2.75, 3.05) is 14.2 Å². The molecule has 0 heterocycles. The Morgan fingerprint density at radius 1 is 1.20 bits per heavy atom. The van der Waals surface area contributed by atoms with E-state index in [1.54, 1.807) is 21.1 Å².